The number of methoxy groups -OCH3 is 1. The summed E-state index contributed by atoms with van der Waals surface area (Å²) in [6.07, 6.45) is 7.77. The van der Waals surface area contributed by atoms with Crippen LogP contribution in [0.25, 0.3) is 6.08 Å². The normalized spacial score (nSPS) is 12.1. The highest BCUT2D eigenvalue weighted by molar-refractivity contribution is 5.92. The number of benzene rings is 1. The van der Waals surface area contributed by atoms with Gasteiger partial charge in [-0.2, -0.15) is 0 Å². The summed E-state index contributed by atoms with van der Waals surface area (Å²) in [7, 11) is 1.35. The van der Waals surface area contributed by atoms with Gasteiger partial charge in [0.1, 0.15) is 0 Å². The molecule has 4 heteroatoms. The van der Waals surface area contributed by atoms with Crippen molar-refractivity contribution in [1.29, 1.82) is 0 Å². The molecule has 1 amide bonds. The molecule has 0 aliphatic heterocycles. The van der Waals surface area contributed by atoms with Gasteiger partial charge in [-0.05, 0) is 37.1 Å². The van der Waals surface area contributed by atoms with Gasteiger partial charge in [0.2, 0.25) is 5.91 Å². The predicted molar refractivity (Wildman–Crippen MR) is 88.6 cm³/mol. The fraction of sp³-hybridized carbons (Fsp3) is 0.444. The molecule has 0 radical (unpaired) electrons. The standard InChI is InChI=1S/C18H25NO3/c1-4-5-6-7-14(2)19-17(20)13-10-15-8-11-16(12-9-15)18(21)22-3/h8-14H,4-7H2,1-3H3,(H,19,20)/b13-10+. The molecule has 4 nitrogen and oxygen atoms in total. The van der Waals surface area contributed by atoms with Crippen molar-refractivity contribution in [3.05, 3.63) is 41.5 Å². The number of esters is 1. The second-order valence-electron chi connectivity index (χ2n) is 5.35. The second kappa shape index (κ2) is 9.77. The first-order valence-corrected chi connectivity index (χ1v) is 7.73. The van der Waals surface area contributed by atoms with Gasteiger partial charge < -0.3 is 10.1 Å². The molecule has 0 aliphatic carbocycles. The summed E-state index contributed by atoms with van der Waals surface area (Å²) >= 11 is 0. The Bertz CT molecular complexity index is 506. The lowest BCUT2D eigenvalue weighted by Gasteiger charge is -2.11. The zero-order valence-electron chi connectivity index (χ0n) is 13.6. The third-order valence-corrected chi connectivity index (χ3v) is 3.39. The Morgan fingerprint density at radius 3 is 2.50 bits per heavy atom. The number of hydrogen-bond donors (Lipinski definition) is 1. The van der Waals surface area contributed by atoms with Crippen molar-refractivity contribution in [2.75, 3.05) is 7.11 Å². The van der Waals surface area contributed by atoms with E-state index in [1.807, 2.05) is 6.92 Å². The molecule has 0 heterocycles. The first kappa shape index (κ1) is 18.0. The van der Waals surface area contributed by atoms with Crippen molar-refractivity contribution in [3.63, 3.8) is 0 Å². The number of carbonyl (C=O) groups is 2. The number of rotatable bonds is 8. The lowest BCUT2D eigenvalue weighted by Crippen LogP contribution is -2.30. The Morgan fingerprint density at radius 1 is 1.23 bits per heavy atom. The molecule has 1 atom stereocenters. The molecule has 1 N–H and O–H groups in total. The van der Waals surface area contributed by atoms with Gasteiger partial charge in [-0.25, -0.2) is 4.79 Å². The number of hydrogen-bond acceptors (Lipinski definition) is 3. The number of amides is 1. The average Bonchev–Trinajstić information content (AvgIpc) is 2.53. The van der Waals surface area contributed by atoms with Crippen LogP contribution in [0.15, 0.2) is 30.3 Å². The highest BCUT2D eigenvalue weighted by atomic mass is 16.5. The van der Waals surface area contributed by atoms with Crippen molar-refractivity contribution in [2.45, 2.75) is 45.6 Å². The molecular weight excluding hydrogens is 278 g/mol. The fourth-order valence-electron chi connectivity index (χ4n) is 2.08. The zero-order chi connectivity index (χ0) is 16.4. The van der Waals surface area contributed by atoms with Crippen molar-refractivity contribution in [1.82, 2.24) is 5.32 Å². The maximum Gasteiger partial charge on any atom is 0.337 e. The SMILES string of the molecule is CCCCCC(C)NC(=O)/C=C/c1ccc(C(=O)OC)cc1. The minimum atomic E-state index is -0.367. The molecule has 0 bridgehead atoms. The highest BCUT2D eigenvalue weighted by Gasteiger charge is 2.05. The summed E-state index contributed by atoms with van der Waals surface area (Å²) < 4.78 is 4.64. The lowest BCUT2D eigenvalue weighted by atomic mass is 10.1. The smallest absolute Gasteiger partial charge is 0.337 e. The molecule has 1 unspecified atom stereocenters. The molecule has 0 aliphatic rings. The van der Waals surface area contributed by atoms with E-state index in [1.165, 1.54) is 26.0 Å². The molecule has 1 rings (SSSR count). The van der Waals surface area contributed by atoms with Crippen LogP contribution in [0.3, 0.4) is 0 Å². The first-order valence-electron chi connectivity index (χ1n) is 7.73. The Kier molecular flexibility index (Phi) is 7.97. The van der Waals surface area contributed by atoms with Crippen LogP contribution in [0.2, 0.25) is 0 Å². The van der Waals surface area contributed by atoms with Crippen molar-refractivity contribution < 1.29 is 14.3 Å². The number of nitrogens with one attached hydrogen (secondary N) is 1. The van der Waals surface area contributed by atoms with Gasteiger partial charge in [0.15, 0.2) is 0 Å². The van der Waals surface area contributed by atoms with Crippen LogP contribution in [-0.2, 0) is 9.53 Å². The maximum absolute atomic E-state index is 11.8. The second-order valence-corrected chi connectivity index (χ2v) is 5.35. The van der Waals surface area contributed by atoms with E-state index in [4.69, 9.17) is 0 Å². The van der Waals surface area contributed by atoms with E-state index in [0.29, 0.717) is 5.56 Å². The van der Waals surface area contributed by atoms with Crippen LogP contribution in [0.4, 0.5) is 0 Å². The van der Waals surface area contributed by atoms with Gasteiger partial charge in [-0.1, -0.05) is 38.3 Å². The van der Waals surface area contributed by atoms with Gasteiger partial charge in [-0.3, -0.25) is 4.79 Å². The van der Waals surface area contributed by atoms with E-state index >= 15 is 0 Å². The van der Waals surface area contributed by atoms with E-state index in [2.05, 4.69) is 17.0 Å². The van der Waals surface area contributed by atoms with Gasteiger partial charge in [0.05, 0.1) is 12.7 Å². The van der Waals surface area contributed by atoms with E-state index in [1.54, 1.807) is 30.3 Å². The number of ether oxygens (including phenoxy) is 1. The van der Waals surface area contributed by atoms with E-state index in [9.17, 15) is 9.59 Å². The fourth-order valence-corrected chi connectivity index (χ4v) is 2.08. The van der Waals surface area contributed by atoms with Crippen LogP contribution >= 0.6 is 0 Å². The summed E-state index contributed by atoms with van der Waals surface area (Å²) in [5, 5.41) is 2.95. The van der Waals surface area contributed by atoms with Crippen molar-refractivity contribution in [2.24, 2.45) is 0 Å². The highest BCUT2D eigenvalue weighted by Crippen LogP contribution is 2.07. The Hall–Kier alpha value is -2.10. The van der Waals surface area contributed by atoms with E-state index in [-0.39, 0.29) is 17.9 Å². The van der Waals surface area contributed by atoms with Crippen LogP contribution < -0.4 is 5.32 Å². The Labute approximate surface area is 132 Å². The van der Waals surface area contributed by atoms with E-state index < -0.39 is 0 Å². The summed E-state index contributed by atoms with van der Waals surface area (Å²) in [4.78, 5) is 23.1. The Morgan fingerprint density at radius 2 is 1.91 bits per heavy atom. The first-order chi connectivity index (χ1) is 10.6. The van der Waals surface area contributed by atoms with Crippen LogP contribution in [-0.4, -0.2) is 25.0 Å². The monoisotopic (exact) mass is 303 g/mol. The quantitative estimate of drug-likeness (QED) is 0.454. The zero-order valence-corrected chi connectivity index (χ0v) is 13.6. The maximum atomic E-state index is 11.8. The van der Waals surface area contributed by atoms with Gasteiger partial charge in [0, 0.05) is 12.1 Å². The predicted octanol–water partition coefficient (Wildman–Crippen LogP) is 3.57. The van der Waals surface area contributed by atoms with Crippen LogP contribution in [0.5, 0.6) is 0 Å². The van der Waals surface area contributed by atoms with Gasteiger partial charge in [-0.15, -0.1) is 0 Å². The summed E-state index contributed by atoms with van der Waals surface area (Å²) in [6, 6.07) is 7.10. The number of carbonyl (C=O) groups excluding carboxylic acids is 2. The molecule has 0 saturated carbocycles. The number of unbranched alkanes of at least 4 members (excludes halogenated alkanes) is 2. The van der Waals surface area contributed by atoms with Gasteiger partial charge >= 0.3 is 5.97 Å². The molecule has 0 saturated heterocycles. The van der Waals surface area contributed by atoms with Crippen LogP contribution in [0, 0.1) is 0 Å². The minimum Gasteiger partial charge on any atom is -0.465 e. The lowest BCUT2D eigenvalue weighted by molar-refractivity contribution is -0.117. The average molecular weight is 303 g/mol. The molecular formula is C18H25NO3. The summed E-state index contributed by atoms with van der Waals surface area (Å²) in [5.41, 5.74) is 1.36. The van der Waals surface area contributed by atoms with Crippen LogP contribution in [0.1, 0.15) is 55.5 Å². The molecule has 0 spiro atoms. The third kappa shape index (κ3) is 6.57. The molecule has 120 valence electrons. The molecule has 22 heavy (non-hydrogen) atoms. The Balaban J connectivity index is 2.46. The molecule has 0 fully saturated rings. The van der Waals surface area contributed by atoms with E-state index in [0.717, 1.165) is 18.4 Å². The topological polar surface area (TPSA) is 55.4 Å². The summed E-state index contributed by atoms with van der Waals surface area (Å²) in [6.45, 7) is 4.18. The van der Waals surface area contributed by atoms with Gasteiger partial charge in [0.25, 0.3) is 0 Å². The largest absolute Gasteiger partial charge is 0.465 e. The minimum absolute atomic E-state index is 0.0963. The van der Waals surface area contributed by atoms with Crippen molar-refractivity contribution in [3.8, 4) is 0 Å². The molecule has 1 aromatic rings. The summed E-state index contributed by atoms with van der Waals surface area (Å²) in [5.74, 6) is -0.463. The molecule has 0 aromatic heterocycles. The van der Waals surface area contributed by atoms with Crippen molar-refractivity contribution >= 4 is 18.0 Å². The third-order valence-electron chi connectivity index (χ3n) is 3.39. The molecule has 1 aromatic carbocycles.